The molecule has 2 saturated heterocycles. The third-order valence-electron chi connectivity index (χ3n) is 4.75. The number of aliphatic imine (C=N–C) groups is 1. The lowest BCUT2D eigenvalue weighted by Gasteiger charge is -2.22. The highest BCUT2D eigenvalue weighted by Crippen LogP contribution is 2.34. The van der Waals surface area contributed by atoms with E-state index in [4.69, 9.17) is 4.74 Å². The van der Waals surface area contributed by atoms with E-state index >= 15 is 0 Å². The maximum absolute atomic E-state index is 5.87. The zero-order chi connectivity index (χ0) is 14.2. The van der Waals surface area contributed by atoms with E-state index in [1.54, 1.807) is 7.05 Å². The molecule has 0 saturated carbocycles. The summed E-state index contributed by atoms with van der Waals surface area (Å²) in [7, 11) is 1.80. The SMILES string of the molecule is CN=C(NCc1nnc2n1CCC2)NC1CC2CCC1O2.I. The molecular weight excluding hydrogens is 395 g/mol. The first-order chi connectivity index (χ1) is 10.3. The first-order valence-electron chi connectivity index (χ1n) is 7.87. The standard InChI is InChI=1S/C14H22N6O.HI/c1-15-14(17-10-7-9-4-5-11(10)21-9)16-8-13-19-18-12-3-2-6-20(12)13;/h9-11H,2-8H2,1H3,(H2,15,16,17);1H. The summed E-state index contributed by atoms with van der Waals surface area (Å²) in [6.07, 6.45) is 6.48. The van der Waals surface area contributed by atoms with Gasteiger partial charge in [-0.2, -0.15) is 0 Å². The van der Waals surface area contributed by atoms with Crippen molar-refractivity contribution in [1.82, 2.24) is 25.4 Å². The van der Waals surface area contributed by atoms with Crippen molar-refractivity contribution in [3.05, 3.63) is 11.6 Å². The molecule has 3 atom stereocenters. The van der Waals surface area contributed by atoms with Crippen LogP contribution in [-0.2, 0) is 24.2 Å². The first-order valence-corrected chi connectivity index (χ1v) is 7.87. The second-order valence-electron chi connectivity index (χ2n) is 6.07. The molecule has 4 heterocycles. The molecular formula is C14H23IN6O. The number of aromatic nitrogens is 3. The summed E-state index contributed by atoms with van der Waals surface area (Å²) in [5.41, 5.74) is 0. The minimum Gasteiger partial charge on any atom is -0.373 e. The van der Waals surface area contributed by atoms with Crippen molar-refractivity contribution >= 4 is 29.9 Å². The number of ether oxygens (including phenoxy) is 1. The number of hydrogen-bond donors (Lipinski definition) is 2. The highest BCUT2D eigenvalue weighted by molar-refractivity contribution is 14.0. The van der Waals surface area contributed by atoms with Crippen molar-refractivity contribution in [3.63, 3.8) is 0 Å². The first kappa shape index (κ1) is 16.0. The maximum atomic E-state index is 5.87. The van der Waals surface area contributed by atoms with Gasteiger partial charge in [0.2, 0.25) is 0 Å². The van der Waals surface area contributed by atoms with Crippen LogP contribution < -0.4 is 10.6 Å². The quantitative estimate of drug-likeness (QED) is 0.432. The smallest absolute Gasteiger partial charge is 0.191 e. The third kappa shape index (κ3) is 2.94. The minimum atomic E-state index is 0. The number of nitrogens with zero attached hydrogens (tertiary/aromatic N) is 4. The zero-order valence-electron chi connectivity index (χ0n) is 12.8. The van der Waals surface area contributed by atoms with Crippen LogP contribution in [0.25, 0.3) is 0 Å². The van der Waals surface area contributed by atoms with Gasteiger partial charge in [-0.05, 0) is 25.7 Å². The summed E-state index contributed by atoms with van der Waals surface area (Å²) < 4.78 is 8.08. The summed E-state index contributed by atoms with van der Waals surface area (Å²) in [6.45, 7) is 1.69. The molecule has 7 nitrogen and oxygen atoms in total. The minimum absolute atomic E-state index is 0. The Bertz CT molecular complexity index is 560. The predicted octanol–water partition coefficient (Wildman–Crippen LogP) is 0.827. The molecule has 0 aromatic carbocycles. The fraction of sp³-hybridized carbons (Fsp3) is 0.786. The van der Waals surface area contributed by atoms with Gasteiger partial charge in [-0.15, -0.1) is 34.2 Å². The Morgan fingerprint density at radius 2 is 2.32 bits per heavy atom. The van der Waals surface area contributed by atoms with Crippen LogP contribution in [-0.4, -0.2) is 46.0 Å². The molecule has 2 bridgehead atoms. The number of aryl methyl sites for hydroxylation is 1. The maximum Gasteiger partial charge on any atom is 0.191 e. The van der Waals surface area contributed by atoms with Gasteiger partial charge >= 0.3 is 0 Å². The summed E-state index contributed by atoms with van der Waals surface area (Å²) in [6, 6.07) is 0.388. The predicted molar refractivity (Wildman–Crippen MR) is 93.4 cm³/mol. The number of fused-ring (bicyclic) bond motifs is 3. The van der Waals surface area contributed by atoms with Crippen molar-refractivity contribution in [2.45, 2.75) is 63.4 Å². The summed E-state index contributed by atoms with van der Waals surface area (Å²) >= 11 is 0. The van der Waals surface area contributed by atoms with E-state index in [1.807, 2.05) is 0 Å². The molecule has 22 heavy (non-hydrogen) atoms. The van der Waals surface area contributed by atoms with Gasteiger partial charge in [0.15, 0.2) is 11.8 Å². The molecule has 0 radical (unpaired) electrons. The van der Waals surface area contributed by atoms with Crippen LogP contribution in [0.2, 0.25) is 0 Å². The lowest BCUT2D eigenvalue weighted by molar-refractivity contribution is 0.0992. The van der Waals surface area contributed by atoms with Crippen LogP contribution in [0.3, 0.4) is 0 Å². The second kappa shape index (κ2) is 6.69. The van der Waals surface area contributed by atoms with Gasteiger partial charge in [-0.3, -0.25) is 4.99 Å². The molecule has 2 fully saturated rings. The summed E-state index contributed by atoms with van der Waals surface area (Å²) in [4.78, 5) is 4.31. The van der Waals surface area contributed by atoms with Gasteiger partial charge in [0, 0.05) is 20.0 Å². The van der Waals surface area contributed by atoms with E-state index < -0.39 is 0 Å². The van der Waals surface area contributed by atoms with E-state index in [0.29, 0.717) is 24.8 Å². The van der Waals surface area contributed by atoms with Crippen molar-refractivity contribution in [3.8, 4) is 0 Å². The van der Waals surface area contributed by atoms with Gasteiger partial charge in [-0.25, -0.2) is 0 Å². The van der Waals surface area contributed by atoms with Crippen LogP contribution in [0.15, 0.2) is 4.99 Å². The van der Waals surface area contributed by atoms with E-state index in [2.05, 4.69) is 30.4 Å². The topological polar surface area (TPSA) is 76.4 Å². The zero-order valence-corrected chi connectivity index (χ0v) is 15.1. The van der Waals surface area contributed by atoms with Crippen molar-refractivity contribution in [1.29, 1.82) is 0 Å². The number of nitrogens with one attached hydrogen (secondary N) is 2. The molecule has 3 unspecified atom stereocenters. The van der Waals surface area contributed by atoms with E-state index in [9.17, 15) is 0 Å². The van der Waals surface area contributed by atoms with E-state index in [-0.39, 0.29) is 24.0 Å². The van der Waals surface area contributed by atoms with Crippen molar-refractivity contribution in [2.75, 3.05) is 7.05 Å². The molecule has 122 valence electrons. The van der Waals surface area contributed by atoms with Gasteiger partial charge in [0.25, 0.3) is 0 Å². The number of guanidine groups is 1. The summed E-state index contributed by atoms with van der Waals surface area (Å²) in [5.74, 6) is 2.93. The Morgan fingerprint density at radius 1 is 1.41 bits per heavy atom. The molecule has 1 aromatic heterocycles. The lowest BCUT2D eigenvalue weighted by atomic mass is 9.96. The Balaban J connectivity index is 0.00000144. The molecule has 0 spiro atoms. The molecule has 0 aliphatic carbocycles. The van der Waals surface area contributed by atoms with Gasteiger partial charge in [-0.1, -0.05) is 0 Å². The Morgan fingerprint density at radius 3 is 3.05 bits per heavy atom. The Kier molecular flexibility index (Phi) is 4.86. The monoisotopic (exact) mass is 418 g/mol. The average molecular weight is 418 g/mol. The van der Waals surface area contributed by atoms with Crippen molar-refractivity contribution in [2.24, 2.45) is 4.99 Å². The molecule has 3 aliphatic heterocycles. The fourth-order valence-electron chi connectivity index (χ4n) is 3.66. The molecule has 8 heteroatoms. The van der Waals surface area contributed by atoms with Gasteiger partial charge in [0.1, 0.15) is 5.82 Å². The molecule has 3 aliphatic rings. The van der Waals surface area contributed by atoms with Crippen LogP contribution in [0.4, 0.5) is 0 Å². The number of halogens is 1. The lowest BCUT2D eigenvalue weighted by Crippen LogP contribution is -2.47. The van der Waals surface area contributed by atoms with Gasteiger partial charge < -0.3 is 19.9 Å². The van der Waals surface area contributed by atoms with Crippen LogP contribution in [0.5, 0.6) is 0 Å². The number of hydrogen-bond acceptors (Lipinski definition) is 4. The Hall–Kier alpha value is -0.900. The molecule has 2 N–H and O–H groups in total. The van der Waals surface area contributed by atoms with Crippen molar-refractivity contribution < 1.29 is 4.74 Å². The average Bonchev–Trinajstić information content (AvgIpc) is 3.23. The second-order valence-corrected chi connectivity index (χ2v) is 6.07. The van der Waals surface area contributed by atoms with Crippen LogP contribution in [0.1, 0.15) is 37.3 Å². The molecule has 0 amide bonds. The molecule has 1 aromatic rings. The number of rotatable bonds is 3. The summed E-state index contributed by atoms with van der Waals surface area (Å²) in [5, 5.41) is 15.3. The van der Waals surface area contributed by atoms with Crippen LogP contribution >= 0.6 is 24.0 Å². The highest BCUT2D eigenvalue weighted by Gasteiger charge is 2.41. The van der Waals surface area contributed by atoms with E-state index in [1.165, 1.54) is 12.8 Å². The third-order valence-corrected chi connectivity index (χ3v) is 4.75. The molecule has 4 rings (SSSR count). The van der Waals surface area contributed by atoms with Crippen LogP contribution in [0, 0.1) is 0 Å². The Labute approximate surface area is 147 Å². The highest BCUT2D eigenvalue weighted by atomic mass is 127. The largest absolute Gasteiger partial charge is 0.373 e. The van der Waals surface area contributed by atoms with E-state index in [0.717, 1.165) is 43.4 Å². The van der Waals surface area contributed by atoms with Gasteiger partial charge in [0.05, 0.1) is 24.8 Å². The normalized spacial score (nSPS) is 29.3. The fourth-order valence-corrected chi connectivity index (χ4v) is 3.66.